The fraction of sp³-hybridized carbons (Fsp3) is 0.562. The summed E-state index contributed by atoms with van der Waals surface area (Å²) in [5.74, 6) is 0.689. The second-order valence-electron chi connectivity index (χ2n) is 6.02. The molecule has 3 nitrogen and oxygen atoms in total. The van der Waals surface area contributed by atoms with Gasteiger partial charge in [0.05, 0.1) is 10.6 Å². The Morgan fingerprint density at radius 3 is 2.85 bits per heavy atom. The molecule has 1 aliphatic heterocycles. The lowest BCUT2D eigenvalue weighted by molar-refractivity contribution is 0.264. The summed E-state index contributed by atoms with van der Waals surface area (Å²) >= 11 is 6.09. The third kappa shape index (κ3) is 3.45. The molecule has 1 unspecified atom stereocenters. The van der Waals surface area contributed by atoms with Crippen LogP contribution >= 0.6 is 11.6 Å². The van der Waals surface area contributed by atoms with Gasteiger partial charge in [-0.3, -0.25) is 0 Å². The molecule has 1 fully saturated rings. The van der Waals surface area contributed by atoms with Crippen LogP contribution in [-0.4, -0.2) is 30.6 Å². The highest BCUT2D eigenvalue weighted by Crippen LogP contribution is 2.27. The van der Waals surface area contributed by atoms with Gasteiger partial charge in [0.15, 0.2) is 0 Å². The monoisotopic (exact) mass is 291 g/mol. The molecule has 108 valence electrons. The molecule has 20 heavy (non-hydrogen) atoms. The quantitative estimate of drug-likeness (QED) is 0.918. The lowest BCUT2D eigenvalue weighted by Gasteiger charge is -2.28. The van der Waals surface area contributed by atoms with Crippen LogP contribution < -0.4 is 5.32 Å². The molecular formula is C16H22ClN3. The van der Waals surface area contributed by atoms with Crippen molar-refractivity contribution in [2.75, 3.05) is 18.9 Å². The zero-order chi connectivity index (χ0) is 14.7. The predicted molar refractivity (Wildman–Crippen MR) is 84.1 cm³/mol. The minimum absolute atomic E-state index is 0.450. The smallest absolute Gasteiger partial charge is 0.101 e. The number of anilines is 1. The van der Waals surface area contributed by atoms with E-state index < -0.39 is 0 Å². The number of halogens is 1. The van der Waals surface area contributed by atoms with Crippen LogP contribution in [0, 0.1) is 17.2 Å². The van der Waals surface area contributed by atoms with Gasteiger partial charge in [0.2, 0.25) is 0 Å². The highest BCUT2D eigenvalue weighted by Gasteiger charge is 2.31. The van der Waals surface area contributed by atoms with Gasteiger partial charge in [-0.2, -0.15) is 5.26 Å². The topological polar surface area (TPSA) is 39.1 Å². The largest absolute Gasteiger partial charge is 0.381 e. The Balaban J connectivity index is 2.09. The number of hydrogen-bond donors (Lipinski definition) is 1. The van der Waals surface area contributed by atoms with Crippen molar-refractivity contribution in [1.82, 2.24) is 4.90 Å². The summed E-state index contributed by atoms with van der Waals surface area (Å²) in [5, 5.41) is 13.0. The van der Waals surface area contributed by atoms with Crippen LogP contribution in [0.15, 0.2) is 18.2 Å². The van der Waals surface area contributed by atoms with Crippen molar-refractivity contribution in [2.24, 2.45) is 5.92 Å². The van der Waals surface area contributed by atoms with E-state index in [1.165, 1.54) is 6.42 Å². The molecule has 0 radical (unpaired) electrons. The second-order valence-corrected chi connectivity index (χ2v) is 6.43. The first-order chi connectivity index (χ1) is 9.51. The van der Waals surface area contributed by atoms with E-state index in [1.807, 2.05) is 12.1 Å². The first-order valence-corrected chi connectivity index (χ1v) is 7.55. The molecule has 1 heterocycles. The van der Waals surface area contributed by atoms with E-state index >= 15 is 0 Å². The number of likely N-dealkylation sites (tertiary alicyclic amines) is 1. The fourth-order valence-corrected chi connectivity index (χ4v) is 3.14. The molecule has 0 aliphatic carbocycles. The lowest BCUT2D eigenvalue weighted by atomic mass is 9.98. The number of nitriles is 1. The average molecular weight is 292 g/mol. The molecule has 1 N–H and O–H groups in total. The molecule has 1 aromatic rings. The van der Waals surface area contributed by atoms with Crippen LogP contribution in [0.1, 0.15) is 32.3 Å². The molecular weight excluding hydrogens is 270 g/mol. The van der Waals surface area contributed by atoms with Crippen molar-refractivity contribution >= 4 is 17.3 Å². The Bertz CT molecular complexity index is 507. The summed E-state index contributed by atoms with van der Waals surface area (Å²) in [5.41, 5.74) is 1.53. The third-order valence-electron chi connectivity index (χ3n) is 3.98. The van der Waals surface area contributed by atoms with Gasteiger partial charge in [-0.15, -0.1) is 0 Å². The maximum Gasteiger partial charge on any atom is 0.101 e. The van der Waals surface area contributed by atoms with Crippen LogP contribution in [0.3, 0.4) is 0 Å². The minimum Gasteiger partial charge on any atom is -0.381 e. The molecule has 2 rings (SSSR count). The van der Waals surface area contributed by atoms with Gasteiger partial charge in [0.25, 0.3) is 0 Å². The summed E-state index contributed by atoms with van der Waals surface area (Å²) in [7, 11) is 2.19. The van der Waals surface area contributed by atoms with Crippen molar-refractivity contribution < 1.29 is 0 Å². The minimum atomic E-state index is 0.450. The zero-order valence-electron chi connectivity index (χ0n) is 12.4. The number of nitrogens with zero attached hydrogens (tertiary/aromatic N) is 2. The average Bonchev–Trinajstić information content (AvgIpc) is 2.71. The second kappa shape index (κ2) is 6.47. The maximum absolute atomic E-state index is 8.91. The molecule has 2 atom stereocenters. The summed E-state index contributed by atoms with van der Waals surface area (Å²) in [6.45, 7) is 5.66. The van der Waals surface area contributed by atoms with Crippen LogP contribution in [0.4, 0.5) is 5.69 Å². The third-order valence-corrected chi connectivity index (χ3v) is 4.29. The van der Waals surface area contributed by atoms with Gasteiger partial charge in [-0.05, 0) is 44.0 Å². The van der Waals surface area contributed by atoms with Crippen LogP contribution in [0.5, 0.6) is 0 Å². The van der Waals surface area contributed by atoms with E-state index in [1.54, 1.807) is 6.07 Å². The molecule has 0 bridgehead atoms. The van der Waals surface area contributed by atoms with Crippen LogP contribution in [0.25, 0.3) is 0 Å². The van der Waals surface area contributed by atoms with Gasteiger partial charge in [0, 0.05) is 24.3 Å². The summed E-state index contributed by atoms with van der Waals surface area (Å²) in [6.07, 6.45) is 2.34. The van der Waals surface area contributed by atoms with Crippen molar-refractivity contribution in [2.45, 2.75) is 38.8 Å². The summed E-state index contributed by atoms with van der Waals surface area (Å²) < 4.78 is 0. The Morgan fingerprint density at radius 1 is 1.50 bits per heavy atom. The first-order valence-electron chi connectivity index (χ1n) is 7.17. The summed E-state index contributed by atoms with van der Waals surface area (Å²) in [6, 6.07) is 8.67. The normalized spacial score (nSPS) is 23.0. The summed E-state index contributed by atoms with van der Waals surface area (Å²) in [4.78, 5) is 2.43. The van der Waals surface area contributed by atoms with Crippen molar-refractivity contribution in [3.63, 3.8) is 0 Å². The molecule has 0 spiro atoms. The fourth-order valence-electron chi connectivity index (χ4n) is 2.91. The maximum atomic E-state index is 8.91. The Labute approximate surface area is 126 Å². The van der Waals surface area contributed by atoms with Crippen molar-refractivity contribution in [3.8, 4) is 6.07 Å². The number of likely N-dealkylation sites (N-methyl/N-ethyl adjacent to an activating group) is 1. The molecule has 0 saturated carbocycles. The molecule has 0 amide bonds. The SMILES string of the molecule is CC(C)CC1[C@@H](Nc2ccc(C#N)c(Cl)c2)CCN1C. The van der Waals surface area contributed by atoms with E-state index in [4.69, 9.17) is 16.9 Å². The highest BCUT2D eigenvalue weighted by molar-refractivity contribution is 6.32. The first kappa shape index (κ1) is 15.2. The van der Waals surface area contributed by atoms with Crippen molar-refractivity contribution in [1.29, 1.82) is 5.26 Å². The molecule has 0 aromatic heterocycles. The predicted octanol–water partition coefficient (Wildman–Crippen LogP) is 3.74. The van der Waals surface area contributed by atoms with Gasteiger partial charge in [0.1, 0.15) is 6.07 Å². The molecule has 1 aromatic carbocycles. The van der Waals surface area contributed by atoms with Crippen LogP contribution in [0.2, 0.25) is 5.02 Å². The van der Waals surface area contributed by atoms with E-state index in [2.05, 4.69) is 37.2 Å². The standard InChI is InChI=1S/C16H22ClN3/c1-11(2)8-16-15(6-7-20(16)3)19-13-5-4-12(10-18)14(17)9-13/h4-5,9,11,15-16,19H,6-8H2,1-3H3/t15-,16?/m0/s1. The van der Waals surface area contributed by atoms with Gasteiger partial charge >= 0.3 is 0 Å². The van der Waals surface area contributed by atoms with E-state index in [9.17, 15) is 0 Å². The van der Waals surface area contributed by atoms with E-state index in [-0.39, 0.29) is 0 Å². The number of benzene rings is 1. The molecule has 1 aliphatic rings. The lowest BCUT2D eigenvalue weighted by Crippen LogP contribution is -2.37. The van der Waals surface area contributed by atoms with Gasteiger partial charge in [-0.25, -0.2) is 0 Å². The van der Waals surface area contributed by atoms with Gasteiger partial charge < -0.3 is 10.2 Å². The number of hydrogen-bond acceptors (Lipinski definition) is 3. The number of nitrogens with one attached hydrogen (secondary N) is 1. The van der Waals surface area contributed by atoms with Gasteiger partial charge in [-0.1, -0.05) is 25.4 Å². The Hall–Kier alpha value is -1.24. The molecule has 4 heteroatoms. The Kier molecular flexibility index (Phi) is 4.91. The Morgan fingerprint density at radius 2 is 2.25 bits per heavy atom. The number of rotatable bonds is 4. The van der Waals surface area contributed by atoms with E-state index in [0.717, 1.165) is 18.7 Å². The molecule has 1 saturated heterocycles. The zero-order valence-corrected chi connectivity index (χ0v) is 13.1. The van der Waals surface area contributed by atoms with Crippen LogP contribution in [-0.2, 0) is 0 Å². The highest BCUT2D eigenvalue weighted by atomic mass is 35.5. The van der Waals surface area contributed by atoms with E-state index in [0.29, 0.717) is 28.6 Å². The van der Waals surface area contributed by atoms with Crippen molar-refractivity contribution in [3.05, 3.63) is 28.8 Å².